The summed E-state index contributed by atoms with van der Waals surface area (Å²) < 4.78 is 6.03. The molecule has 4 amide bonds. The van der Waals surface area contributed by atoms with Crippen LogP contribution in [0, 0.1) is 17.8 Å². The number of aliphatic hydroxyl groups excluding tert-OH is 2. The topological polar surface area (TPSA) is 224 Å². The molecule has 61 heavy (non-hydrogen) atoms. The number of nitrogens with zero attached hydrogens (tertiary/aromatic N) is 2. The molecule has 0 spiro atoms. The van der Waals surface area contributed by atoms with Gasteiger partial charge in [-0.15, -0.1) is 0 Å². The van der Waals surface area contributed by atoms with Crippen LogP contribution in [0.1, 0.15) is 85.6 Å². The summed E-state index contributed by atoms with van der Waals surface area (Å²) in [7, 11) is 1.51. The van der Waals surface area contributed by atoms with Crippen LogP contribution < -0.4 is 16.1 Å². The Morgan fingerprint density at radius 3 is 2.49 bits per heavy atom. The van der Waals surface area contributed by atoms with Crippen LogP contribution in [0.25, 0.3) is 0 Å². The highest BCUT2D eigenvalue weighted by atomic mass is 16.7. The zero-order valence-corrected chi connectivity index (χ0v) is 36.4. The molecular weight excluding hydrogens is 787 g/mol. The Labute approximate surface area is 359 Å². The molecule has 1 saturated heterocycles. The lowest BCUT2D eigenvalue weighted by Crippen LogP contribution is -2.62. The van der Waals surface area contributed by atoms with E-state index in [1.807, 2.05) is 6.92 Å². The van der Waals surface area contributed by atoms with Crippen LogP contribution in [-0.4, -0.2) is 117 Å². The van der Waals surface area contributed by atoms with Crippen molar-refractivity contribution >= 4 is 35.4 Å². The first kappa shape index (κ1) is 50.2. The zero-order valence-electron chi connectivity index (χ0n) is 36.4. The predicted octanol–water partition coefficient (Wildman–Crippen LogP) is 3.13. The number of hydrogen-bond acceptors (Lipinski definition) is 12. The van der Waals surface area contributed by atoms with Crippen LogP contribution in [0.5, 0.6) is 5.75 Å². The zero-order chi connectivity index (χ0) is 45.2. The molecule has 336 valence electrons. The van der Waals surface area contributed by atoms with Crippen molar-refractivity contribution in [2.24, 2.45) is 17.8 Å². The third-order valence-corrected chi connectivity index (χ3v) is 10.7. The van der Waals surface area contributed by atoms with Crippen molar-refractivity contribution in [1.29, 1.82) is 0 Å². The number of carbonyl (C=O) groups is 6. The van der Waals surface area contributed by atoms with Gasteiger partial charge in [-0.2, -0.15) is 0 Å². The summed E-state index contributed by atoms with van der Waals surface area (Å²) in [5, 5.41) is 40.7. The fourth-order valence-electron chi connectivity index (χ4n) is 6.83. The third kappa shape index (κ3) is 16.0. The van der Waals surface area contributed by atoms with Gasteiger partial charge in [0.05, 0.1) is 24.7 Å². The minimum absolute atomic E-state index is 0.0322. The van der Waals surface area contributed by atoms with E-state index in [0.717, 1.165) is 11.5 Å². The maximum atomic E-state index is 14.3. The van der Waals surface area contributed by atoms with Crippen molar-refractivity contribution in [2.75, 3.05) is 20.2 Å². The van der Waals surface area contributed by atoms with Crippen molar-refractivity contribution in [3.63, 3.8) is 0 Å². The maximum Gasteiger partial charge on any atom is 0.325 e. The van der Waals surface area contributed by atoms with E-state index in [2.05, 4.69) is 16.1 Å². The van der Waals surface area contributed by atoms with Crippen molar-refractivity contribution in [1.82, 2.24) is 26.1 Å². The highest BCUT2D eigenvalue weighted by molar-refractivity contribution is 5.93. The second-order valence-electron chi connectivity index (χ2n) is 16.1. The molecule has 2 aliphatic heterocycles. The SMILES string of the molecule is CCCON(C)C(=O)/C=C/C=C(\C)[C@@H]1C/C=C/C=C/[C@H](O)[C@H](C)[C@@H](O)[C@@H](CCC(C)=O)C(=O)N[C@@H](C(C)C)C(=O)N[C@@H](Cc2cccc(O)c2)C(=O)N2CCCC(N2)C(=O)O1. The summed E-state index contributed by atoms with van der Waals surface area (Å²) in [4.78, 5) is 86.0. The highest BCUT2D eigenvalue weighted by Gasteiger charge is 2.38. The molecule has 0 aromatic heterocycles. The van der Waals surface area contributed by atoms with Gasteiger partial charge in [0.25, 0.3) is 11.8 Å². The predicted molar refractivity (Wildman–Crippen MR) is 228 cm³/mol. The first-order chi connectivity index (χ1) is 28.9. The number of Topliss-reactive ketones (excluding diaryl/α,β-unsaturated/α-hetero) is 1. The normalized spacial score (nSPS) is 27.6. The van der Waals surface area contributed by atoms with Crippen LogP contribution in [0.15, 0.2) is 72.4 Å². The smallest absolute Gasteiger partial charge is 0.325 e. The molecule has 6 N–H and O–H groups in total. The van der Waals surface area contributed by atoms with Crippen LogP contribution in [0.2, 0.25) is 0 Å². The first-order valence-corrected chi connectivity index (χ1v) is 21.0. The number of phenols is 1. The van der Waals surface area contributed by atoms with Gasteiger partial charge in [-0.1, -0.05) is 76.3 Å². The van der Waals surface area contributed by atoms with E-state index in [-0.39, 0.29) is 49.7 Å². The number of likely N-dealkylation sites (N-methyl/N-ethyl adjacent to an activating group) is 1. The van der Waals surface area contributed by atoms with Crippen molar-refractivity contribution in [3.8, 4) is 5.75 Å². The Bertz CT molecular complexity index is 1790. The van der Waals surface area contributed by atoms with Crippen LogP contribution in [0.3, 0.4) is 0 Å². The minimum atomic E-state index is -1.43. The maximum absolute atomic E-state index is 14.3. The van der Waals surface area contributed by atoms with Crippen molar-refractivity contribution in [3.05, 3.63) is 77.9 Å². The molecule has 16 nitrogen and oxygen atoms in total. The van der Waals surface area contributed by atoms with Crippen LogP contribution >= 0.6 is 0 Å². The van der Waals surface area contributed by atoms with E-state index in [9.17, 15) is 44.1 Å². The summed E-state index contributed by atoms with van der Waals surface area (Å²) >= 11 is 0. The number of ether oxygens (including phenoxy) is 1. The molecule has 2 bridgehead atoms. The molecular formula is C45H65N5O11. The number of aromatic hydroxyl groups is 1. The molecule has 1 unspecified atom stereocenters. The molecule has 1 fully saturated rings. The van der Waals surface area contributed by atoms with Gasteiger partial charge < -0.3 is 35.5 Å². The molecule has 0 saturated carbocycles. The lowest BCUT2D eigenvalue weighted by molar-refractivity contribution is -0.172. The average molecular weight is 852 g/mol. The quantitative estimate of drug-likeness (QED) is 0.0773. The van der Waals surface area contributed by atoms with Gasteiger partial charge in [0.15, 0.2) is 0 Å². The number of nitrogens with one attached hydrogen (secondary N) is 3. The van der Waals surface area contributed by atoms with Crippen molar-refractivity contribution < 1.29 is 53.7 Å². The number of esters is 1. The number of rotatable bonds is 12. The molecule has 2 aliphatic rings. The molecule has 0 radical (unpaired) electrons. The molecule has 2 heterocycles. The molecule has 1 aromatic carbocycles. The summed E-state index contributed by atoms with van der Waals surface area (Å²) in [6.07, 6.45) is 8.94. The Morgan fingerprint density at radius 1 is 1.08 bits per heavy atom. The van der Waals surface area contributed by atoms with Gasteiger partial charge in [-0.05, 0) is 68.7 Å². The molecule has 16 heteroatoms. The van der Waals surface area contributed by atoms with E-state index in [4.69, 9.17) is 9.57 Å². The fraction of sp³-hybridized carbons (Fsp3) is 0.556. The lowest BCUT2D eigenvalue weighted by atomic mass is 9.84. The standard InChI is InChI=1S/C45H65N5O11/c1-8-25-60-49(7)39(54)21-12-15-29(4)38-20-11-9-10-19-37(53)31(6)41(55)34(23-22-30(5)51)42(56)47-40(28(2)3)43(57)46-36(27-32-16-13-17-33(52)26-32)44(58)50-24-14-18-35(48-50)45(59)61-38/h9-13,15-17,19,21,26,28,31,34-38,40-41,48,52-53,55H,8,14,18,20,22-25,27H2,1-7H3,(H,46,57)(H,47,56)/b11-9+,19-10+,21-12+,29-15+/t31-,34+,35?,36-,37-,38-,40-,41+/m0/s1. The number of fused-ring (bicyclic) bond motifs is 2. The summed E-state index contributed by atoms with van der Waals surface area (Å²) in [5.74, 6) is -5.81. The minimum Gasteiger partial charge on any atom is -0.508 e. The molecule has 0 aliphatic carbocycles. The van der Waals surface area contributed by atoms with E-state index < -0.39 is 77.9 Å². The first-order valence-electron chi connectivity index (χ1n) is 21.0. The van der Waals surface area contributed by atoms with Gasteiger partial charge in [-0.3, -0.25) is 33.8 Å². The van der Waals surface area contributed by atoms with Crippen LogP contribution in [-0.2, 0) is 44.8 Å². The Hall–Kier alpha value is -5.16. The van der Waals surface area contributed by atoms with Crippen LogP contribution in [0.4, 0.5) is 0 Å². The largest absolute Gasteiger partial charge is 0.508 e. The van der Waals surface area contributed by atoms with Gasteiger partial charge >= 0.3 is 5.97 Å². The number of ketones is 1. The van der Waals surface area contributed by atoms with Crippen molar-refractivity contribution in [2.45, 2.75) is 123 Å². The molecule has 1 aromatic rings. The highest BCUT2D eigenvalue weighted by Crippen LogP contribution is 2.24. The number of amides is 4. The number of aliphatic hydroxyl groups is 2. The Kier molecular flexibility index (Phi) is 20.5. The van der Waals surface area contributed by atoms with E-state index in [0.29, 0.717) is 30.6 Å². The number of phenolic OH excluding ortho intramolecular Hbond substituents is 1. The summed E-state index contributed by atoms with van der Waals surface area (Å²) in [6.45, 7) is 10.6. The average Bonchev–Trinajstić information content (AvgIpc) is 3.22. The van der Waals surface area contributed by atoms with E-state index >= 15 is 0 Å². The van der Waals surface area contributed by atoms with Gasteiger partial charge in [0, 0.05) is 44.8 Å². The molecule has 8 atom stereocenters. The van der Waals surface area contributed by atoms with Gasteiger partial charge in [0.1, 0.15) is 35.8 Å². The van der Waals surface area contributed by atoms with Gasteiger partial charge in [-0.25, -0.2) is 10.5 Å². The second-order valence-corrected chi connectivity index (χ2v) is 16.1. The van der Waals surface area contributed by atoms with E-state index in [1.165, 1.54) is 49.3 Å². The van der Waals surface area contributed by atoms with E-state index in [1.54, 1.807) is 64.1 Å². The number of cyclic esters (lactones) is 1. The summed E-state index contributed by atoms with van der Waals surface area (Å²) in [6, 6.07) is 2.88. The third-order valence-electron chi connectivity index (χ3n) is 10.7. The fourth-order valence-corrected chi connectivity index (χ4v) is 6.83. The number of benzene rings is 1. The Morgan fingerprint density at radius 2 is 1.82 bits per heavy atom. The Balaban J connectivity index is 2.06. The number of hydrogen-bond donors (Lipinski definition) is 6. The summed E-state index contributed by atoms with van der Waals surface area (Å²) in [5.41, 5.74) is 4.12. The number of allylic oxidation sites excluding steroid dienone is 4. The second kappa shape index (κ2) is 24.9. The molecule has 3 rings (SSSR count). The van der Waals surface area contributed by atoms with Gasteiger partial charge in [0.2, 0.25) is 11.8 Å². The monoisotopic (exact) mass is 851 g/mol. The lowest BCUT2D eigenvalue weighted by Gasteiger charge is -2.36. The number of hydroxylamine groups is 2. The number of hydrazine groups is 1. The number of carbonyl (C=O) groups excluding carboxylic acids is 6.